The van der Waals surface area contributed by atoms with Crippen molar-refractivity contribution in [2.75, 3.05) is 19.7 Å². The first kappa shape index (κ1) is 14.4. The maximum atomic E-state index is 12.4. The first-order valence-corrected chi connectivity index (χ1v) is 7.83. The molecule has 21 heavy (non-hydrogen) atoms. The lowest BCUT2D eigenvalue weighted by Crippen LogP contribution is -2.42. The minimum absolute atomic E-state index is 0.0356. The molecule has 1 fully saturated rings. The van der Waals surface area contributed by atoms with Gasteiger partial charge in [0.05, 0.1) is 23.1 Å². The Morgan fingerprint density at radius 3 is 3.00 bits per heavy atom. The number of halogens is 1. The SMILES string of the molecule is O=C(c1csc(Cl)c1)N1CCOC(c2cccc(O)c2)C1. The number of hydrogen-bond donors (Lipinski definition) is 1. The number of nitrogens with zero attached hydrogens (tertiary/aromatic N) is 1. The fourth-order valence-electron chi connectivity index (χ4n) is 2.37. The van der Waals surface area contributed by atoms with Crippen molar-refractivity contribution in [3.8, 4) is 5.75 Å². The molecular weight excluding hydrogens is 310 g/mol. The van der Waals surface area contributed by atoms with Crippen molar-refractivity contribution >= 4 is 28.8 Å². The second-order valence-corrected chi connectivity index (χ2v) is 6.39. The summed E-state index contributed by atoms with van der Waals surface area (Å²) in [4.78, 5) is 14.2. The largest absolute Gasteiger partial charge is 0.508 e. The number of carbonyl (C=O) groups excluding carboxylic acids is 1. The van der Waals surface area contributed by atoms with E-state index in [2.05, 4.69) is 0 Å². The van der Waals surface area contributed by atoms with Gasteiger partial charge in [-0.05, 0) is 23.8 Å². The molecule has 1 atom stereocenters. The Bertz CT molecular complexity index is 658. The van der Waals surface area contributed by atoms with Crippen LogP contribution < -0.4 is 0 Å². The quantitative estimate of drug-likeness (QED) is 0.922. The van der Waals surface area contributed by atoms with Crippen molar-refractivity contribution < 1.29 is 14.6 Å². The second-order valence-electron chi connectivity index (χ2n) is 4.85. The van der Waals surface area contributed by atoms with E-state index in [4.69, 9.17) is 16.3 Å². The van der Waals surface area contributed by atoms with Gasteiger partial charge in [-0.25, -0.2) is 0 Å². The summed E-state index contributed by atoms with van der Waals surface area (Å²) in [6.45, 7) is 1.50. The molecule has 3 rings (SSSR count). The number of phenolic OH excluding ortho intramolecular Hbond substituents is 1. The Morgan fingerprint density at radius 1 is 1.43 bits per heavy atom. The fraction of sp³-hybridized carbons (Fsp3) is 0.267. The van der Waals surface area contributed by atoms with Crippen LogP contribution >= 0.6 is 22.9 Å². The predicted octanol–water partition coefficient (Wildman–Crippen LogP) is 3.32. The number of rotatable bonds is 2. The highest BCUT2D eigenvalue weighted by molar-refractivity contribution is 7.14. The maximum absolute atomic E-state index is 12.4. The van der Waals surface area contributed by atoms with E-state index in [0.29, 0.717) is 29.6 Å². The van der Waals surface area contributed by atoms with E-state index in [1.165, 1.54) is 11.3 Å². The van der Waals surface area contributed by atoms with Crippen LogP contribution in [0.3, 0.4) is 0 Å². The van der Waals surface area contributed by atoms with Gasteiger partial charge in [0.15, 0.2) is 0 Å². The van der Waals surface area contributed by atoms with E-state index in [-0.39, 0.29) is 17.8 Å². The third kappa shape index (κ3) is 3.20. The molecule has 1 saturated heterocycles. The molecule has 110 valence electrons. The van der Waals surface area contributed by atoms with Crippen molar-refractivity contribution in [2.24, 2.45) is 0 Å². The summed E-state index contributed by atoms with van der Waals surface area (Å²) in [5, 5.41) is 11.3. The number of aromatic hydroxyl groups is 1. The Morgan fingerprint density at radius 2 is 2.29 bits per heavy atom. The Hall–Kier alpha value is -1.56. The first-order chi connectivity index (χ1) is 10.1. The molecule has 0 radical (unpaired) electrons. The summed E-state index contributed by atoms with van der Waals surface area (Å²) in [6, 6.07) is 8.63. The number of benzene rings is 1. The summed E-state index contributed by atoms with van der Waals surface area (Å²) in [5.41, 5.74) is 1.48. The second kappa shape index (κ2) is 6.05. The van der Waals surface area contributed by atoms with Gasteiger partial charge in [0.25, 0.3) is 5.91 Å². The lowest BCUT2D eigenvalue weighted by Gasteiger charge is -2.33. The zero-order chi connectivity index (χ0) is 14.8. The molecule has 1 aliphatic rings. The number of phenols is 1. The number of amides is 1. The zero-order valence-electron chi connectivity index (χ0n) is 11.2. The molecule has 4 nitrogen and oxygen atoms in total. The Balaban J connectivity index is 1.75. The van der Waals surface area contributed by atoms with E-state index in [0.717, 1.165) is 5.56 Å². The van der Waals surface area contributed by atoms with Crippen molar-refractivity contribution in [3.05, 3.63) is 51.2 Å². The standard InChI is InChI=1S/C15H14ClNO3S/c16-14-7-11(9-21-14)15(19)17-4-5-20-13(8-17)10-2-1-3-12(18)6-10/h1-3,6-7,9,13,18H,4-5,8H2. The number of thiophene rings is 1. The molecule has 0 spiro atoms. The van der Waals surface area contributed by atoms with Crippen LogP contribution in [0.5, 0.6) is 5.75 Å². The third-order valence-electron chi connectivity index (χ3n) is 3.41. The Kier molecular flexibility index (Phi) is 4.14. The minimum atomic E-state index is -0.219. The van der Waals surface area contributed by atoms with Crippen LogP contribution in [0.1, 0.15) is 22.0 Å². The number of morpholine rings is 1. The van der Waals surface area contributed by atoms with Gasteiger partial charge in [-0.3, -0.25) is 4.79 Å². The topological polar surface area (TPSA) is 49.8 Å². The van der Waals surface area contributed by atoms with Gasteiger partial charge >= 0.3 is 0 Å². The third-order valence-corrected chi connectivity index (χ3v) is 4.50. The lowest BCUT2D eigenvalue weighted by molar-refractivity contribution is -0.0228. The number of hydrogen-bond acceptors (Lipinski definition) is 4. The van der Waals surface area contributed by atoms with Crippen LogP contribution in [-0.4, -0.2) is 35.6 Å². The highest BCUT2D eigenvalue weighted by Crippen LogP contribution is 2.27. The van der Waals surface area contributed by atoms with Gasteiger partial charge in [-0.15, -0.1) is 11.3 Å². The van der Waals surface area contributed by atoms with Crippen molar-refractivity contribution in [2.45, 2.75) is 6.10 Å². The molecule has 6 heteroatoms. The van der Waals surface area contributed by atoms with Crippen LogP contribution in [0.25, 0.3) is 0 Å². The molecule has 1 unspecified atom stereocenters. The minimum Gasteiger partial charge on any atom is -0.508 e. The average Bonchev–Trinajstić information content (AvgIpc) is 2.93. The highest BCUT2D eigenvalue weighted by atomic mass is 35.5. The van der Waals surface area contributed by atoms with Crippen LogP contribution in [0.15, 0.2) is 35.7 Å². The van der Waals surface area contributed by atoms with E-state index in [1.54, 1.807) is 34.5 Å². The highest BCUT2D eigenvalue weighted by Gasteiger charge is 2.26. The summed E-state index contributed by atoms with van der Waals surface area (Å²) < 4.78 is 6.32. The summed E-state index contributed by atoms with van der Waals surface area (Å²) in [6.07, 6.45) is -0.219. The molecule has 0 saturated carbocycles. The van der Waals surface area contributed by atoms with Gasteiger partial charge in [-0.2, -0.15) is 0 Å². The number of ether oxygens (including phenoxy) is 1. The molecule has 2 aromatic rings. The van der Waals surface area contributed by atoms with Gasteiger partial charge in [0.1, 0.15) is 11.9 Å². The van der Waals surface area contributed by atoms with Crippen molar-refractivity contribution in [1.82, 2.24) is 4.90 Å². The van der Waals surface area contributed by atoms with Crippen LogP contribution in [-0.2, 0) is 4.74 Å². The van der Waals surface area contributed by atoms with E-state index in [9.17, 15) is 9.90 Å². The summed E-state index contributed by atoms with van der Waals surface area (Å²) in [5.74, 6) is 0.163. The molecule has 1 aromatic heterocycles. The molecule has 0 aliphatic carbocycles. The normalized spacial score (nSPS) is 18.7. The molecular formula is C15H14ClNO3S. The smallest absolute Gasteiger partial charge is 0.254 e. The first-order valence-electron chi connectivity index (χ1n) is 6.57. The molecule has 1 amide bonds. The van der Waals surface area contributed by atoms with Gasteiger partial charge < -0.3 is 14.7 Å². The average molecular weight is 324 g/mol. The van der Waals surface area contributed by atoms with Gasteiger partial charge in [-0.1, -0.05) is 23.7 Å². The van der Waals surface area contributed by atoms with Gasteiger partial charge in [0, 0.05) is 11.9 Å². The maximum Gasteiger partial charge on any atom is 0.254 e. The van der Waals surface area contributed by atoms with Crippen molar-refractivity contribution in [3.63, 3.8) is 0 Å². The Labute approximate surface area is 131 Å². The van der Waals surface area contributed by atoms with E-state index >= 15 is 0 Å². The van der Waals surface area contributed by atoms with Crippen LogP contribution in [0.4, 0.5) is 0 Å². The van der Waals surface area contributed by atoms with Crippen LogP contribution in [0.2, 0.25) is 4.34 Å². The predicted molar refractivity (Wildman–Crippen MR) is 82.0 cm³/mol. The number of carbonyl (C=O) groups is 1. The van der Waals surface area contributed by atoms with Gasteiger partial charge in [0.2, 0.25) is 0 Å². The monoisotopic (exact) mass is 323 g/mol. The van der Waals surface area contributed by atoms with Crippen LogP contribution in [0, 0.1) is 0 Å². The van der Waals surface area contributed by atoms with E-state index in [1.807, 2.05) is 6.07 Å². The zero-order valence-corrected chi connectivity index (χ0v) is 12.7. The van der Waals surface area contributed by atoms with Crippen molar-refractivity contribution in [1.29, 1.82) is 0 Å². The lowest BCUT2D eigenvalue weighted by atomic mass is 10.1. The van der Waals surface area contributed by atoms with E-state index < -0.39 is 0 Å². The molecule has 1 aromatic carbocycles. The molecule has 0 bridgehead atoms. The molecule has 1 aliphatic heterocycles. The summed E-state index contributed by atoms with van der Waals surface area (Å²) in [7, 11) is 0. The molecule has 1 N–H and O–H groups in total. The summed E-state index contributed by atoms with van der Waals surface area (Å²) >= 11 is 7.23. The fourth-order valence-corrected chi connectivity index (χ4v) is 3.22. The molecule has 2 heterocycles.